The van der Waals surface area contributed by atoms with Crippen LogP contribution in [0.25, 0.3) is 0 Å². The van der Waals surface area contributed by atoms with Crippen LogP contribution in [0.15, 0.2) is 10.4 Å². The zero-order chi connectivity index (χ0) is 19.7. The summed E-state index contributed by atoms with van der Waals surface area (Å²) in [6.07, 6.45) is -2.96. The van der Waals surface area contributed by atoms with Gasteiger partial charge in [0.2, 0.25) is 0 Å². The molecule has 1 unspecified atom stereocenters. The molecule has 1 aliphatic rings. The molecule has 0 saturated carbocycles. The van der Waals surface area contributed by atoms with E-state index in [-0.39, 0.29) is 0 Å². The van der Waals surface area contributed by atoms with Gasteiger partial charge in [0.15, 0.2) is 11.7 Å². The van der Waals surface area contributed by atoms with Crippen LogP contribution in [0.4, 0.5) is 13.2 Å². The molecule has 0 amide bonds. The number of hydrogen-bond acceptors (Lipinski definition) is 5. The Morgan fingerprint density at radius 3 is 2.93 bits per heavy atom. The smallest absolute Gasteiger partial charge is 0.382 e. The summed E-state index contributed by atoms with van der Waals surface area (Å²) in [6, 6.07) is 0. The van der Waals surface area contributed by atoms with Crippen molar-refractivity contribution < 1.29 is 22.6 Å². The Morgan fingerprint density at radius 1 is 1.44 bits per heavy atom. The Balaban J connectivity index is 1.82. The number of nitrogens with zero attached hydrogens (tertiary/aromatic N) is 3. The first-order valence-electron chi connectivity index (χ1n) is 9.05. The van der Waals surface area contributed by atoms with Gasteiger partial charge in [-0.15, -0.1) is 11.3 Å². The highest BCUT2D eigenvalue weighted by Crippen LogP contribution is 2.30. The van der Waals surface area contributed by atoms with E-state index in [0.29, 0.717) is 43.7 Å². The molecule has 27 heavy (non-hydrogen) atoms. The fraction of sp³-hybridized carbons (Fsp3) is 0.765. The van der Waals surface area contributed by atoms with Crippen LogP contribution < -0.4 is 5.32 Å². The van der Waals surface area contributed by atoms with E-state index in [1.54, 1.807) is 7.11 Å². The van der Waals surface area contributed by atoms with Crippen LogP contribution in [-0.2, 0) is 22.1 Å². The van der Waals surface area contributed by atoms with Gasteiger partial charge in [0.1, 0.15) is 0 Å². The maximum absolute atomic E-state index is 12.6. The number of alkyl halides is 3. The lowest BCUT2D eigenvalue weighted by atomic mass is 10.1. The Kier molecular flexibility index (Phi) is 8.78. The molecule has 0 aromatic carbocycles. The third-order valence-electron chi connectivity index (χ3n) is 4.14. The number of aliphatic imine (C=N–C) groups is 1. The third-order valence-corrected chi connectivity index (χ3v) is 5.04. The molecule has 1 N–H and O–H groups in total. The lowest BCUT2D eigenvalue weighted by Gasteiger charge is -2.21. The van der Waals surface area contributed by atoms with Gasteiger partial charge in [0.25, 0.3) is 0 Å². The molecule has 1 aromatic heterocycles. The highest BCUT2D eigenvalue weighted by molar-refractivity contribution is 7.09. The monoisotopic (exact) mass is 408 g/mol. The van der Waals surface area contributed by atoms with Gasteiger partial charge in [-0.3, -0.25) is 4.99 Å². The van der Waals surface area contributed by atoms with Crippen molar-refractivity contribution in [2.75, 3.05) is 53.1 Å². The van der Waals surface area contributed by atoms with Crippen molar-refractivity contribution in [3.8, 4) is 0 Å². The van der Waals surface area contributed by atoms with E-state index in [1.807, 2.05) is 6.92 Å². The van der Waals surface area contributed by atoms with Crippen molar-refractivity contribution in [1.29, 1.82) is 0 Å². The van der Waals surface area contributed by atoms with E-state index in [4.69, 9.17) is 9.47 Å². The number of methoxy groups -OCH3 is 1. The molecule has 6 nitrogen and oxygen atoms in total. The van der Waals surface area contributed by atoms with Gasteiger partial charge in [-0.25, -0.2) is 4.98 Å². The predicted octanol–water partition coefficient (Wildman–Crippen LogP) is 2.65. The second-order valence-electron chi connectivity index (χ2n) is 6.28. The van der Waals surface area contributed by atoms with Crippen LogP contribution in [-0.4, -0.2) is 69.0 Å². The first kappa shape index (κ1) is 21.9. The summed E-state index contributed by atoms with van der Waals surface area (Å²) in [4.78, 5) is 10.4. The highest BCUT2D eigenvalue weighted by atomic mass is 32.1. The van der Waals surface area contributed by atoms with Gasteiger partial charge in [-0.2, -0.15) is 13.2 Å². The number of nitrogens with one attached hydrogen (secondary N) is 1. The first-order chi connectivity index (χ1) is 12.9. The molecule has 0 aliphatic carbocycles. The van der Waals surface area contributed by atoms with Gasteiger partial charge < -0.3 is 19.7 Å². The fourth-order valence-electron chi connectivity index (χ4n) is 2.79. The summed E-state index contributed by atoms with van der Waals surface area (Å²) in [7, 11) is 1.65. The second kappa shape index (κ2) is 10.8. The maximum atomic E-state index is 12.6. The summed E-state index contributed by atoms with van der Waals surface area (Å²) in [5.41, 5.74) is -0.825. The minimum Gasteiger partial charge on any atom is -0.382 e. The second-order valence-corrected chi connectivity index (χ2v) is 7.22. The molecule has 1 fully saturated rings. The lowest BCUT2D eigenvalue weighted by Crippen LogP contribution is -2.40. The molecule has 0 bridgehead atoms. The van der Waals surface area contributed by atoms with Crippen LogP contribution >= 0.6 is 11.3 Å². The number of aromatic nitrogens is 1. The first-order valence-corrected chi connectivity index (χ1v) is 9.93. The molecule has 0 radical (unpaired) electrons. The topological polar surface area (TPSA) is 59.0 Å². The predicted molar refractivity (Wildman–Crippen MR) is 99.2 cm³/mol. The summed E-state index contributed by atoms with van der Waals surface area (Å²) in [5, 5.41) is 4.76. The van der Waals surface area contributed by atoms with Crippen LogP contribution in [0.5, 0.6) is 0 Å². The Hall–Kier alpha value is -1.39. The SMILES string of the molecule is CCNC(=NCCc1nc(C(F)(F)F)cs1)N1CCC(COCCOC)C1. The quantitative estimate of drug-likeness (QED) is 0.387. The number of halogens is 3. The number of likely N-dealkylation sites (tertiary alicyclic amines) is 1. The molecule has 0 spiro atoms. The Morgan fingerprint density at radius 2 is 2.26 bits per heavy atom. The standard InChI is InChI=1S/C17H27F3N4O2S/c1-3-21-16(24-7-5-13(10-24)11-26-9-8-25-2)22-6-4-15-23-14(12-27-15)17(18,19)20/h12-13H,3-11H2,1-2H3,(H,21,22). The van der Waals surface area contributed by atoms with Crippen molar-refractivity contribution in [3.63, 3.8) is 0 Å². The summed E-state index contributed by atoms with van der Waals surface area (Å²) < 4.78 is 48.4. The number of ether oxygens (including phenoxy) is 2. The number of guanidine groups is 1. The van der Waals surface area contributed by atoms with Gasteiger partial charge in [0, 0.05) is 51.0 Å². The fourth-order valence-corrected chi connectivity index (χ4v) is 3.59. The van der Waals surface area contributed by atoms with E-state index < -0.39 is 11.9 Å². The number of rotatable bonds is 9. The molecule has 10 heteroatoms. The Labute approximate surface area is 161 Å². The average Bonchev–Trinajstić information content (AvgIpc) is 3.27. The molecule has 2 heterocycles. The van der Waals surface area contributed by atoms with Crippen LogP contribution in [0.2, 0.25) is 0 Å². The minimum absolute atomic E-state index is 0.396. The van der Waals surface area contributed by atoms with Gasteiger partial charge in [-0.1, -0.05) is 0 Å². The van der Waals surface area contributed by atoms with Crippen molar-refractivity contribution in [1.82, 2.24) is 15.2 Å². The van der Waals surface area contributed by atoms with Crippen molar-refractivity contribution >= 4 is 17.3 Å². The van der Waals surface area contributed by atoms with E-state index in [1.165, 1.54) is 0 Å². The minimum atomic E-state index is -4.39. The van der Waals surface area contributed by atoms with E-state index in [2.05, 4.69) is 20.2 Å². The van der Waals surface area contributed by atoms with Crippen molar-refractivity contribution in [2.45, 2.75) is 25.9 Å². The van der Waals surface area contributed by atoms with E-state index in [0.717, 1.165) is 48.7 Å². The lowest BCUT2D eigenvalue weighted by molar-refractivity contribution is -0.140. The van der Waals surface area contributed by atoms with Crippen molar-refractivity contribution in [3.05, 3.63) is 16.1 Å². The number of hydrogen-bond donors (Lipinski definition) is 1. The summed E-state index contributed by atoms with van der Waals surface area (Å²) in [5.74, 6) is 1.24. The molecule has 1 saturated heterocycles. The highest BCUT2D eigenvalue weighted by Gasteiger charge is 2.33. The number of thiazole rings is 1. The van der Waals surface area contributed by atoms with Crippen molar-refractivity contribution in [2.24, 2.45) is 10.9 Å². The summed E-state index contributed by atoms with van der Waals surface area (Å²) in [6.45, 7) is 6.75. The zero-order valence-corrected chi connectivity index (χ0v) is 16.5. The molecule has 154 valence electrons. The van der Waals surface area contributed by atoms with E-state index in [9.17, 15) is 13.2 Å². The normalized spacial score (nSPS) is 18.3. The summed E-state index contributed by atoms with van der Waals surface area (Å²) >= 11 is 1.03. The molecular formula is C17H27F3N4O2S. The van der Waals surface area contributed by atoms with Gasteiger partial charge in [0.05, 0.1) is 24.8 Å². The van der Waals surface area contributed by atoms with Crippen LogP contribution in [0, 0.1) is 5.92 Å². The van der Waals surface area contributed by atoms with Gasteiger partial charge in [-0.05, 0) is 13.3 Å². The molecule has 2 rings (SSSR count). The molecule has 1 aromatic rings. The van der Waals surface area contributed by atoms with Crippen LogP contribution in [0.1, 0.15) is 24.0 Å². The average molecular weight is 408 g/mol. The van der Waals surface area contributed by atoms with Crippen LogP contribution in [0.3, 0.4) is 0 Å². The largest absolute Gasteiger partial charge is 0.434 e. The maximum Gasteiger partial charge on any atom is 0.434 e. The molecule has 1 aliphatic heterocycles. The zero-order valence-electron chi connectivity index (χ0n) is 15.7. The molecular weight excluding hydrogens is 381 g/mol. The molecule has 1 atom stereocenters. The third kappa shape index (κ3) is 7.27. The van der Waals surface area contributed by atoms with E-state index >= 15 is 0 Å². The Bertz CT molecular complexity index is 595. The van der Waals surface area contributed by atoms with Gasteiger partial charge >= 0.3 is 6.18 Å².